The van der Waals surface area contributed by atoms with Gasteiger partial charge in [0.15, 0.2) is 5.78 Å². The van der Waals surface area contributed by atoms with E-state index in [9.17, 15) is 4.79 Å². The highest BCUT2D eigenvalue weighted by Gasteiger charge is 2.23. The molecule has 2 rings (SSSR count). The lowest BCUT2D eigenvalue weighted by Gasteiger charge is -2.14. The van der Waals surface area contributed by atoms with Crippen molar-refractivity contribution < 1.29 is 4.79 Å². The van der Waals surface area contributed by atoms with Crippen LogP contribution in [0.5, 0.6) is 0 Å². The first-order chi connectivity index (χ1) is 7.27. The monoisotopic (exact) mass is 206 g/mol. The zero-order chi connectivity index (χ0) is 10.8. The van der Waals surface area contributed by atoms with Crippen molar-refractivity contribution in [2.45, 2.75) is 39.5 Å². The molecule has 0 fully saturated rings. The average Bonchev–Trinajstić information content (AvgIpc) is 2.59. The van der Waals surface area contributed by atoms with Gasteiger partial charge >= 0.3 is 0 Å². The van der Waals surface area contributed by atoms with Gasteiger partial charge in [0.25, 0.3) is 0 Å². The molecule has 0 atom stereocenters. The van der Waals surface area contributed by atoms with Gasteiger partial charge < -0.3 is 10.3 Å². The summed E-state index contributed by atoms with van der Waals surface area (Å²) >= 11 is 0. The number of nitrogens with one attached hydrogen (secondary N) is 2. The average molecular weight is 206 g/mol. The molecule has 3 heteroatoms. The molecule has 2 N–H and O–H groups in total. The van der Waals surface area contributed by atoms with E-state index in [0.717, 1.165) is 37.2 Å². The van der Waals surface area contributed by atoms with Gasteiger partial charge in [-0.1, -0.05) is 20.3 Å². The lowest BCUT2D eigenvalue weighted by Crippen LogP contribution is -2.17. The molecule has 0 saturated heterocycles. The molecule has 1 aliphatic heterocycles. The number of hydrogen-bond donors (Lipinski definition) is 2. The maximum Gasteiger partial charge on any atom is 0.182 e. The van der Waals surface area contributed by atoms with Gasteiger partial charge in [-0.15, -0.1) is 0 Å². The van der Waals surface area contributed by atoms with Crippen LogP contribution in [0.2, 0.25) is 0 Å². The third-order valence-electron chi connectivity index (χ3n) is 2.98. The molecule has 3 nitrogen and oxygen atoms in total. The van der Waals surface area contributed by atoms with Crippen LogP contribution < -0.4 is 5.32 Å². The number of carbonyl (C=O) groups is 1. The van der Waals surface area contributed by atoms with Crippen molar-refractivity contribution >= 4 is 11.5 Å². The fraction of sp³-hybridized carbons (Fsp3) is 0.583. The molecule has 0 radical (unpaired) electrons. The van der Waals surface area contributed by atoms with Crippen LogP contribution in [0.4, 0.5) is 5.69 Å². The normalized spacial score (nSPS) is 14.9. The summed E-state index contributed by atoms with van der Waals surface area (Å²) < 4.78 is 0. The Hall–Kier alpha value is -1.25. The predicted octanol–water partition coefficient (Wildman–Crippen LogP) is 2.53. The van der Waals surface area contributed by atoms with Gasteiger partial charge in [-0.05, 0) is 18.4 Å². The fourth-order valence-corrected chi connectivity index (χ4v) is 2.25. The van der Waals surface area contributed by atoms with E-state index in [1.807, 2.05) is 0 Å². The first-order valence-corrected chi connectivity index (χ1v) is 5.78. The summed E-state index contributed by atoms with van der Waals surface area (Å²) in [4.78, 5) is 15.0. The number of rotatable bonds is 3. The van der Waals surface area contributed by atoms with Gasteiger partial charge in [0.05, 0.1) is 5.69 Å². The number of fused-ring (bicyclic) bond motifs is 1. The lowest BCUT2D eigenvalue weighted by molar-refractivity contribution is 0.0979. The third kappa shape index (κ3) is 1.66. The maximum absolute atomic E-state index is 11.7. The van der Waals surface area contributed by atoms with Crippen LogP contribution in [0, 0.1) is 0 Å². The number of anilines is 1. The smallest absolute Gasteiger partial charge is 0.182 e. The molecule has 2 heterocycles. The molecule has 0 spiro atoms. The van der Waals surface area contributed by atoms with E-state index in [2.05, 4.69) is 24.1 Å². The standard InChI is InChI=1S/C12H18N2O/c1-3-5-8-9(4-2)14-12-10(15)6-7-13-11(8)12/h13-14H,3-7H2,1-2H3. The topological polar surface area (TPSA) is 44.9 Å². The second-order valence-corrected chi connectivity index (χ2v) is 4.04. The number of carbonyl (C=O) groups excluding carboxylic acids is 1. The van der Waals surface area contributed by atoms with Crippen LogP contribution in [0.1, 0.15) is 48.4 Å². The molecule has 1 aromatic heterocycles. The number of ketones is 1. The van der Waals surface area contributed by atoms with Gasteiger partial charge in [-0.2, -0.15) is 0 Å². The third-order valence-corrected chi connectivity index (χ3v) is 2.98. The van der Waals surface area contributed by atoms with Crippen molar-refractivity contribution in [1.29, 1.82) is 0 Å². The number of hydrogen-bond acceptors (Lipinski definition) is 2. The Labute approximate surface area is 90.3 Å². The van der Waals surface area contributed by atoms with E-state index in [-0.39, 0.29) is 5.78 Å². The van der Waals surface area contributed by atoms with Crippen LogP contribution in [-0.4, -0.2) is 17.3 Å². The first kappa shape index (κ1) is 10.3. The molecule has 82 valence electrons. The highest BCUT2D eigenvalue weighted by molar-refractivity contribution is 6.02. The SMILES string of the molecule is CCCc1c(CC)[nH]c2c1NCCC2=O. The molecule has 0 saturated carbocycles. The van der Waals surface area contributed by atoms with E-state index in [1.165, 1.54) is 11.3 Å². The van der Waals surface area contributed by atoms with E-state index in [1.54, 1.807) is 0 Å². The van der Waals surface area contributed by atoms with Crippen LogP contribution >= 0.6 is 0 Å². The Morgan fingerprint density at radius 1 is 1.33 bits per heavy atom. The molecule has 15 heavy (non-hydrogen) atoms. The second kappa shape index (κ2) is 4.09. The van der Waals surface area contributed by atoms with Crippen molar-refractivity contribution in [3.63, 3.8) is 0 Å². The van der Waals surface area contributed by atoms with E-state index >= 15 is 0 Å². The molecule has 0 bridgehead atoms. The summed E-state index contributed by atoms with van der Waals surface area (Å²) in [5.74, 6) is 0.251. The minimum Gasteiger partial charge on any atom is -0.383 e. The summed E-state index contributed by atoms with van der Waals surface area (Å²) in [6, 6.07) is 0. The Morgan fingerprint density at radius 2 is 2.13 bits per heavy atom. The zero-order valence-corrected chi connectivity index (χ0v) is 9.44. The predicted molar refractivity (Wildman–Crippen MR) is 61.6 cm³/mol. The van der Waals surface area contributed by atoms with Crippen molar-refractivity contribution in [3.05, 3.63) is 17.0 Å². The van der Waals surface area contributed by atoms with Gasteiger partial charge in [0.2, 0.25) is 0 Å². The van der Waals surface area contributed by atoms with Crippen LogP contribution in [-0.2, 0) is 12.8 Å². The Bertz CT molecular complexity index is 379. The van der Waals surface area contributed by atoms with Crippen molar-refractivity contribution in [2.24, 2.45) is 0 Å². The minimum atomic E-state index is 0.251. The van der Waals surface area contributed by atoms with Gasteiger partial charge in [0, 0.05) is 18.7 Å². The molecule has 0 amide bonds. The summed E-state index contributed by atoms with van der Waals surface area (Å²) in [6.07, 6.45) is 3.75. The number of H-pyrrole nitrogens is 1. The van der Waals surface area contributed by atoms with Crippen molar-refractivity contribution in [1.82, 2.24) is 4.98 Å². The molecule has 1 aromatic rings. The number of aromatic amines is 1. The van der Waals surface area contributed by atoms with Gasteiger partial charge in [-0.25, -0.2) is 0 Å². The summed E-state index contributed by atoms with van der Waals surface area (Å²) in [7, 11) is 0. The van der Waals surface area contributed by atoms with Crippen LogP contribution in [0.3, 0.4) is 0 Å². The van der Waals surface area contributed by atoms with Gasteiger partial charge in [-0.3, -0.25) is 4.79 Å². The minimum absolute atomic E-state index is 0.251. The highest BCUT2D eigenvalue weighted by Crippen LogP contribution is 2.30. The molecule has 1 aliphatic rings. The van der Waals surface area contributed by atoms with Gasteiger partial charge in [0.1, 0.15) is 5.69 Å². The van der Waals surface area contributed by atoms with E-state index in [4.69, 9.17) is 0 Å². The Kier molecular flexibility index (Phi) is 2.80. The Morgan fingerprint density at radius 3 is 2.80 bits per heavy atom. The molecular formula is C12H18N2O. The fourth-order valence-electron chi connectivity index (χ4n) is 2.25. The van der Waals surface area contributed by atoms with Crippen molar-refractivity contribution in [2.75, 3.05) is 11.9 Å². The number of aryl methyl sites for hydroxylation is 1. The molecule has 0 aliphatic carbocycles. The van der Waals surface area contributed by atoms with Crippen molar-refractivity contribution in [3.8, 4) is 0 Å². The van der Waals surface area contributed by atoms with Crippen LogP contribution in [0.15, 0.2) is 0 Å². The van der Waals surface area contributed by atoms with E-state index < -0.39 is 0 Å². The molecule has 0 unspecified atom stereocenters. The number of aromatic nitrogens is 1. The quantitative estimate of drug-likeness (QED) is 0.798. The maximum atomic E-state index is 11.7. The summed E-state index contributed by atoms with van der Waals surface area (Å²) in [6.45, 7) is 5.08. The van der Waals surface area contributed by atoms with Crippen LogP contribution in [0.25, 0.3) is 0 Å². The number of Topliss-reactive ketones (excluding diaryl/α,β-unsaturated/α-hetero) is 1. The van der Waals surface area contributed by atoms with E-state index in [0.29, 0.717) is 6.42 Å². The molecule has 0 aromatic carbocycles. The lowest BCUT2D eigenvalue weighted by atomic mass is 10.0. The highest BCUT2D eigenvalue weighted by atomic mass is 16.1. The zero-order valence-electron chi connectivity index (χ0n) is 9.44. The molecular weight excluding hydrogens is 188 g/mol. The summed E-state index contributed by atoms with van der Waals surface area (Å²) in [5, 5.41) is 3.35. The largest absolute Gasteiger partial charge is 0.383 e. The Balaban J connectivity index is 2.47. The summed E-state index contributed by atoms with van der Waals surface area (Å²) in [5.41, 5.74) is 4.43. The second-order valence-electron chi connectivity index (χ2n) is 4.04. The first-order valence-electron chi connectivity index (χ1n) is 5.78.